The topological polar surface area (TPSA) is 42.4 Å². The van der Waals surface area contributed by atoms with Crippen molar-refractivity contribution in [1.82, 2.24) is 9.88 Å². The highest BCUT2D eigenvalue weighted by molar-refractivity contribution is 7.18. The number of para-hydroxylation sites is 1. The molecule has 0 N–H and O–H groups in total. The van der Waals surface area contributed by atoms with Crippen LogP contribution >= 0.6 is 11.3 Å². The first-order valence-corrected chi connectivity index (χ1v) is 9.14. The van der Waals surface area contributed by atoms with E-state index in [1.165, 1.54) is 4.70 Å². The van der Waals surface area contributed by atoms with Crippen LogP contribution in [-0.4, -0.2) is 29.9 Å². The molecule has 130 valence electrons. The van der Waals surface area contributed by atoms with Gasteiger partial charge < -0.3 is 9.64 Å². The maximum atomic E-state index is 12.5. The summed E-state index contributed by atoms with van der Waals surface area (Å²) < 4.78 is 6.35. The molecule has 1 heterocycles. The molecule has 25 heavy (non-hydrogen) atoms. The summed E-state index contributed by atoms with van der Waals surface area (Å²) in [5.41, 5.74) is 2.10. The molecule has 0 spiro atoms. The Hall–Kier alpha value is -2.40. The molecule has 3 aromatic rings. The van der Waals surface area contributed by atoms with Crippen LogP contribution in [0.4, 0.5) is 0 Å². The van der Waals surface area contributed by atoms with Crippen LogP contribution in [0.5, 0.6) is 5.75 Å². The lowest BCUT2D eigenvalue weighted by Gasteiger charge is -2.25. The van der Waals surface area contributed by atoms with Gasteiger partial charge in [0.25, 0.3) is 0 Å². The second-order valence-electron chi connectivity index (χ2n) is 6.03. The zero-order valence-corrected chi connectivity index (χ0v) is 15.5. The molecule has 1 amide bonds. The van der Waals surface area contributed by atoms with Crippen LogP contribution in [-0.2, 0) is 11.2 Å². The van der Waals surface area contributed by atoms with Crippen LogP contribution in [0.25, 0.3) is 10.2 Å². The van der Waals surface area contributed by atoms with E-state index in [0.29, 0.717) is 12.8 Å². The third-order valence-corrected chi connectivity index (χ3v) is 5.56. The number of carbonyl (C=O) groups is 1. The van der Waals surface area contributed by atoms with E-state index in [1.807, 2.05) is 56.4 Å². The van der Waals surface area contributed by atoms with Crippen molar-refractivity contribution in [2.24, 2.45) is 0 Å². The van der Waals surface area contributed by atoms with Crippen LogP contribution < -0.4 is 4.74 Å². The minimum atomic E-state index is 0.0220. The SMILES string of the molecule is COc1ccc(C(C)N(C)C(=O)CCc2nc3ccccc3s2)cc1. The number of methoxy groups -OCH3 is 1. The van der Waals surface area contributed by atoms with E-state index in [9.17, 15) is 4.79 Å². The van der Waals surface area contributed by atoms with Gasteiger partial charge in [0.15, 0.2) is 0 Å². The van der Waals surface area contributed by atoms with Crippen molar-refractivity contribution >= 4 is 27.5 Å². The van der Waals surface area contributed by atoms with Gasteiger partial charge in [-0.25, -0.2) is 4.98 Å². The van der Waals surface area contributed by atoms with Crippen molar-refractivity contribution in [2.45, 2.75) is 25.8 Å². The summed E-state index contributed by atoms with van der Waals surface area (Å²) in [7, 11) is 3.51. The van der Waals surface area contributed by atoms with Crippen LogP contribution in [0.1, 0.15) is 30.0 Å². The Morgan fingerprint density at radius 2 is 1.92 bits per heavy atom. The molecular weight excluding hydrogens is 332 g/mol. The van der Waals surface area contributed by atoms with Gasteiger partial charge in [0.2, 0.25) is 5.91 Å². The number of thiazole rings is 1. The minimum Gasteiger partial charge on any atom is -0.497 e. The Bertz CT molecular complexity index is 825. The number of aromatic nitrogens is 1. The number of fused-ring (bicyclic) bond motifs is 1. The predicted octanol–water partition coefficient (Wildman–Crippen LogP) is 4.46. The highest BCUT2D eigenvalue weighted by atomic mass is 32.1. The Balaban J connectivity index is 1.61. The highest BCUT2D eigenvalue weighted by Gasteiger charge is 2.18. The van der Waals surface area contributed by atoms with E-state index >= 15 is 0 Å². The van der Waals surface area contributed by atoms with Gasteiger partial charge in [0.05, 0.1) is 28.4 Å². The maximum Gasteiger partial charge on any atom is 0.223 e. The third kappa shape index (κ3) is 3.99. The number of rotatable bonds is 6. The molecule has 1 unspecified atom stereocenters. The van der Waals surface area contributed by atoms with Gasteiger partial charge in [-0.15, -0.1) is 11.3 Å². The fraction of sp³-hybridized carbons (Fsp3) is 0.300. The molecule has 1 aromatic heterocycles. The number of ether oxygens (including phenoxy) is 1. The average Bonchev–Trinajstić information content (AvgIpc) is 3.08. The number of nitrogens with zero attached hydrogens (tertiary/aromatic N) is 2. The summed E-state index contributed by atoms with van der Waals surface area (Å²) in [5.74, 6) is 0.948. The van der Waals surface area contributed by atoms with Crippen molar-refractivity contribution in [3.05, 3.63) is 59.1 Å². The van der Waals surface area contributed by atoms with E-state index in [-0.39, 0.29) is 11.9 Å². The fourth-order valence-corrected chi connectivity index (χ4v) is 3.71. The fourth-order valence-electron chi connectivity index (χ4n) is 2.74. The van der Waals surface area contributed by atoms with Crippen LogP contribution in [0.15, 0.2) is 48.5 Å². The van der Waals surface area contributed by atoms with Crippen molar-refractivity contribution in [3.63, 3.8) is 0 Å². The average molecular weight is 354 g/mol. The lowest BCUT2D eigenvalue weighted by Crippen LogP contribution is -2.29. The normalized spacial score (nSPS) is 12.1. The number of carbonyl (C=O) groups excluding carboxylic acids is 1. The summed E-state index contributed by atoms with van der Waals surface area (Å²) >= 11 is 1.66. The van der Waals surface area contributed by atoms with Gasteiger partial charge in [-0.05, 0) is 36.8 Å². The molecule has 5 heteroatoms. The maximum absolute atomic E-state index is 12.5. The molecule has 0 aliphatic rings. The number of amides is 1. The van der Waals surface area contributed by atoms with Gasteiger partial charge >= 0.3 is 0 Å². The first kappa shape index (κ1) is 17.4. The summed E-state index contributed by atoms with van der Waals surface area (Å²) in [6.45, 7) is 2.04. The van der Waals surface area contributed by atoms with Crippen LogP contribution in [0, 0.1) is 0 Å². The van der Waals surface area contributed by atoms with Crippen molar-refractivity contribution in [1.29, 1.82) is 0 Å². The quantitative estimate of drug-likeness (QED) is 0.656. The first-order valence-electron chi connectivity index (χ1n) is 8.32. The van der Waals surface area contributed by atoms with Crippen molar-refractivity contribution in [2.75, 3.05) is 14.2 Å². The summed E-state index contributed by atoms with van der Waals surface area (Å²) in [5, 5.41) is 1.01. The summed E-state index contributed by atoms with van der Waals surface area (Å²) in [4.78, 5) is 18.9. The van der Waals surface area contributed by atoms with E-state index < -0.39 is 0 Å². The Morgan fingerprint density at radius 3 is 2.60 bits per heavy atom. The molecule has 0 fully saturated rings. The molecular formula is C20H22N2O2S. The number of aryl methyl sites for hydroxylation is 1. The van der Waals surface area contributed by atoms with E-state index in [1.54, 1.807) is 23.3 Å². The first-order chi connectivity index (χ1) is 12.1. The molecule has 2 aromatic carbocycles. The molecule has 3 rings (SSSR count). The number of benzene rings is 2. The van der Waals surface area contributed by atoms with E-state index in [2.05, 4.69) is 11.1 Å². The van der Waals surface area contributed by atoms with Crippen molar-refractivity contribution in [3.8, 4) is 5.75 Å². The molecule has 0 aliphatic carbocycles. The zero-order chi connectivity index (χ0) is 17.8. The summed E-state index contributed by atoms with van der Waals surface area (Å²) in [6, 6.07) is 15.9. The van der Waals surface area contributed by atoms with E-state index in [0.717, 1.165) is 21.8 Å². The molecule has 1 atom stereocenters. The van der Waals surface area contributed by atoms with Gasteiger partial charge in [-0.1, -0.05) is 24.3 Å². The van der Waals surface area contributed by atoms with Gasteiger partial charge in [0.1, 0.15) is 5.75 Å². The van der Waals surface area contributed by atoms with Crippen LogP contribution in [0.2, 0.25) is 0 Å². The number of hydrogen-bond donors (Lipinski definition) is 0. The second kappa shape index (κ2) is 7.66. The summed E-state index contributed by atoms with van der Waals surface area (Å²) in [6.07, 6.45) is 1.15. The highest BCUT2D eigenvalue weighted by Crippen LogP contribution is 2.24. The standard InChI is InChI=1S/C20H22N2O2S/c1-14(15-8-10-16(24-3)11-9-15)22(2)20(23)13-12-19-21-17-6-4-5-7-18(17)25-19/h4-11,14H,12-13H2,1-3H3. The van der Waals surface area contributed by atoms with Gasteiger partial charge in [0, 0.05) is 19.9 Å². The van der Waals surface area contributed by atoms with Gasteiger partial charge in [-0.3, -0.25) is 4.79 Å². The van der Waals surface area contributed by atoms with Gasteiger partial charge in [-0.2, -0.15) is 0 Å². The lowest BCUT2D eigenvalue weighted by molar-refractivity contribution is -0.131. The van der Waals surface area contributed by atoms with E-state index in [4.69, 9.17) is 4.74 Å². The monoisotopic (exact) mass is 354 g/mol. The third-order valence-electron chi connectivity index (χ3n) is 4.46. The molecule has 0 aliphatic heterocycles. The Morgan fingerprint density at radius 1 is 1.20 bits per heavy atom. The number of hydrogen-bond acceptors (Lipinski definition) is 4. The Kier molecular flexibility index (Phi) is 5.34. The second-order valence-corrected chi connectivity index (χ2v) is 7.14. The molecule has 0 radical (unpaired) electrons. The predicted molar refractivity (Wildman–Crippen MR) is 102 cm³/mol. The molecule has 4 nitrogen and oxygen atoms in total. The largest absolute Gasteiger partial charge is 0.497 e. The molecule has 0 saturated heterocycles. The zero-order valence-electron chi connectivity index (χ0n) is 14.7. The molecule has 0 bridgehead atoms. The smallest absolute Gasteiger partial charge is 0.223 e. The van der Waals surface area contributed by atoms with Crippen LogP contribution in [0.3, 0.4) is 0 Å². The minimum absolute atomic E-state index is 0.0220. The van der Waals surface area contributed by atoms with Crippen molar-refractivity contribution < 1.29 is 9.53 Å². The Labute approximate surface area is 152 Å². The lowest BCUT2D eigenvalue weighted by atomic mass is 10.1. The molecule has 0 saturated carbocycles.